The minimum atomic E-state index is 0.0855. The molecule has 1 amide bonds. The number of carbonyl (C=O) groups is 1. The molecule has 4 heteroatoms. The Morgan fingerprint density at radius 3 is 2.89 bits per heavy atom. The summed E-state index contributed by atoms with van der Waals surface area (Å²) >= 11 is 5.75. The van der Waals surface area contributed by atoms with Crippen molar-refractivity contribution < 1.29 is 4.79 Å². The maximum atomic E-state index is 11.9. The monoisotopic (exact) mass is 264 g/mol. The minimum absolute atomic E-state index is 0.0855. The lowest BCUT2D eigenvalue weighted by Crippen LogP contribution is -2.20. The molecular weight excluding hydrogens is 248 g/mol. The molecule has 0 aromatic carbocycles. The third-order valence-corrected chi connectivity index (χ3v) is 4.55. The van der Waals surface area contributed by atoms with E-state index in [0.717, 1.165) is 11.8 Å². The highest BCUT2D eigenvalue weighted by Gasteiger charge is 2.40. The normalized spacial score (nSPS) is 29.5. The quantitative estimate of drug-likeness (QED) is 0.908. The summed E-state index contributed by atoms with van der Waals surface area (Å²) in [6.07, 6.45) is 7.48. The molecule has 2 bridgehead atoms. The van der Waals surface area contributed by atoms with Gasteiger partial charge in [0.25, 0.3) is 0 Å². The highest BCUT2D eigenvalue weighted by Crippen LogP contribution is 2.49. The zero-order valence-electron chi connectivity index (χ0n) is 10.2. The maximum absolute atomic E-state index is 11.9. The molecule has 0 spiro atoms. The van der Waals surface area contributed by atoms with Gasteiger partial charge in [-0.25, -0.2) is 4.98 Å². The molecule has 2 aliphatic rings. The van der Waals surface area contributed by atoms with E-state index in [0.29, 0.717) is 23.2 Å². The van der Waals surface area contributed by atoms with Crippen LogP contribution in [0.5, 0.6) is 0 Å². The molecule has 0 aliphatic heterocycles. The SMILES string of the molecule is O=C(C[C@H]1C[C@H]2CC[C@H]1C2)Nc1ccc(Cl)cn1. The number of nitrogens with zero attached hydrogens (tertiary/aromatic N) is 1. The Hall–Kier alpha value is -1.09. The fourth-order valence-electron chi connectivity index (χ4n) is 3.51. The molecule has 2 aliphatic carbocycles. The first-order chi connectivity index (χ1) is 8.70. The van der Waals surface area contributed by atoms with Crippen LogP contribution >= 0.6 is 11.6 Å². The van der Waals surface area contributed by atoms with Crippen molar-refractivity contribution in [1.29, 1.82) is 0 Å². The Bertz CT molecular complexity index is 446. The Morgan fingerprint density at radius 2 is 2.28 bits per heavy atom. The van der Waals surface area contributed by atoms with E-state index in [1.165, 1.54) is 25.7 Å². The van der Waals surface area contributed by atoms with Crippen LogP contribution in [0.15, 0.2) is 18.3 Å². The second kappa shape index (κ2) is 4.88. The Kier molecular flexibility index (Phi) is 3.25. The number of pyridine rings is 1. The van der Waals surface area contributed by atoms with Gasteiger partial charge >= 0.3 is 0 Å². The molecule has 1 heterocycles. The second-order valence-corrected chi connectivity index (χ2v) is 5.99. The number of fused-ring (bicyclic) bond motifs is 2. The zero-order valence-corrected chi connectivity index (χ0v) is 11.0. The van der Waals surface area contributed by atoms with Crippen molar-refractivity contribution in [3.05, 3.63) is 23.4 Å². The number of nitrogens with one attached hydrogen (secondary N) is 1. The fraction of sp³-hybridized carbons (Fsp3) is 0.571. The lowest BCUT2D eigenvalue weighted by molar-refractivity contribution is -0.117. The average molecular weight is 265 g/mol. The fourth-order valence-corrected chi connectivity index (χ4v) is 3.62. The molecule has 0 unspecified atom stereocenters. The van der Waals surface area contributed by atoms with Crippen molar-refractivity contribution in [3.8, 4) is 0 Å². The summed E-state index contributed by atoms with van der Waals surface area (Å²) < 4.78 is 0. The first-order valence-corrected chi connectivity index (χ1v) is 7.00. The topological polar surface area (TPSA) is 42.0 Å². The van der Waals surface area contributed by atoms with Crippen molar-refractivity contribution in [2.45, 2.75) is 32.1 Å². The molecule has 3 atom stereocenters. The summed E-state index contributed by atoms with van der Waals surface area (Å²) in [5.74, 6) is 2.95. The smallest absolute Gasteiger partial charge is 0.225 e. The van der Waals surface area contributed by atoms with E-state index in [4.69, 9.17) is 11.6 Å². The van der Waals surface area contributed by atoms with Crippen LogP contribution < -0.4 is 5.32 Å². The Morgan fingerprint density at radius 1 is 1.39 bits per heavy atom. The molecule has 3 rings (SSSR count). The highest BCUT2D eigenvalue weighted by molar-refractivity contribution is 6.30. The molecule has 0 radical (unpaired) electrons. The van der Waals surface area contributed by atoms with Crippen molar-refractivity contribution in [2.24, 2.45) is 17.8 Å². The summed E-state index contributed by atoms with van der Waals surface area (Å²) in [4.78, 5) is 16.0. The maximum Gasteiger partial charge on any atom is 0.225 e. The number of hydrogen-bond acceptors (Lipinski definition) is 2. The van der Waals surface area contributed by atoms with E-state index in [1.807, 2.05) is 0 Å². The lowest BCUT2D eigenvalue weighted by atomic mass is 9.86. The van der Waals surface area contributed by atoms with Crippen LogP contribution in [-0.4, -0.2) is 10.9 Å². The molecule has 2 saturated carbocycles. The molecule has 18 heavy (non-hydrogen) atoms. The van der Waals surface area contributed by atoms with Gasteiger partial charge in [-0.1, -0.05) is 18.0 Å². The largest absolute Gasteiger partial charge is 0.311 e. The Balaban J connectivity index is 1.54. The number of carbonyl (C=O) groups excluding carboxylic acids is 1. The Labute approximate surface area is 112 Å². The van der Waals surface area contributed by atoms with E-state index in [-0.39, 0.29) is 5.91 Å². The highest BCUT2D eigenvalue weighted by atomic mass is 35.5. The van der Waals surface area contributed by atoms with Gasteiger partial charge in [0, 0.05) is 12.6 Å². The summed E-state index contributed by atoms with van der Waals surface area (Å²) in [6, 6.07) is 3.47. The van der Waals surface area contributed by atoms with E-state index >= 15 is 0 Å². The molecule has 1 aromatic rings. The molecular formula is C14H17ClN2O. The van der Waals surface area contributed by atoms with Crippen LogP contribution in [0.4, 0.5) is 5.82 Å². The number of aromatic nitrogens is 1. The van der Waals surface area contributed by atoms with Gasteiger partial charge in [0.2, 0.25) is 5.91 Å². The lowest BCUT2D eigenvalue weighted by Gasteiger charge is -2.20. The predicted octanol–water partition coefficient (Wildman–Crippen LogP) is 3.50. The number of hydrogen-bond donors (Lipinski definition) is 1. The number of rotatable bonds is 3. The van der Waals surface area contributed by atoms with E-state index in [9.17, 15) is 4.79 Å². The molecule has 1 aromatic heterocycles. The van der Waals surface area contributed by atoms with Crippen molar-refractivity contribution in [2.75, 3.05) is 5.32 Å². The number of anilines is 1. The van der Waals surface area contributed by atoms with Gasteiger partial charge in [0.15, 0.2) is 0 Å². The van der Waals surface area contributed by atoms with Crippen LogP contribution in [0.2, 0.25) is 5.02 Å². The van der Waals surface area contributed by atoms with Gasteiger partial charge in [-0.3, -0.25) is 4.79 Å². The van der Waals surface area contributed by atoms with Gasteiger partial charge in [0.1, 0.15) is 5.82 Å². The molecule has 3 nitrogen and oxygen atoms in total. The van der Waals surface area contributed by atoms with Gasteiger partial charge < -0.3 is 5.32 Å². The molecule has 0 saturated heterocycles. The van der Waals surface area contributed by atoms with Crippen molar-refractivity contribution >= 4 is 23.3 Å². The first kappa shape index (κ1) is 12.0. The van der Waals surface area contributed by atoms with Crippen LogP contribution in [0.3, 0.4) is 0 Å². The summed E-state index contributed by atoms with van der Waals surface area (Å²) in [6.45, 7) is 0. The summed E-state index contributed by atoms with van der Waals surface area (Å²) in [5, 5.41) is 3.43. The number of halogens is 1. The van der Waals surface area contributed by atoms with Gasteiger partial charge in [-0.2, -0.15) is 0 Å². The van der Waals surface area contributed by atoms with Crippen molar-refractivity contribution in [3.63, 3.8) is 0 Å². The van der Waals surface area contributed by atoms with E-state index in [2.05, 4.69) is 10.3 Å². The predicted molar refractivity (Wildman–Crippen MR) is 71.4 cm³/mol. The van der Waals surface area contributed by atoms with Crippen molar-refractivity contribution in [1.82, 2.24) is 4.98 Å². The van der Waals surface area contributed by atoms with Crippen LogP contribution in [-0.2, 0) is 4.79 Å². The summed E-state index contributed by atoms with van der Waals surface area (Å²) in [7, 11) is 0. The van der Waals surface area contributed by atoms with Gasteiger partial charge in [-0.05, 0) is 49.1 Å². The van der Waals surface area contributed by atoms with E-state index < -0.39 is 0 Å². The van der Waals surface area contributed by atoms with Crippen LogP contribution in [0.25, 0.3) is 0 Å². The molecule has 1 N–H and O–H groups in total. The third kappa shape index (κ3) is 2.51. The van der Waals surface area contributed by atoms with Gasteiger partial charge in [-0.15, -0.1) is 0 Å². The number of amides is 1. The summed E-state index contributed by atoms with van der Waals surface area (Å²) in [5.41, 5.74) is 0. The first-order valence-electron chi connectivity index (χ1n) is 6.62. The third-order valence-electron chi connectivity index (χ3n) is 4.33. The van der Waals surface area contributed by atoms with Crippen LogP contribution in [0.1, 0.15) is 32.1 Å². The average Bonchev–Trinajstić information content (AvgIpc) is 2.94. The van der Waals surface area contributed by atoms with Gasteiger partial charge in [0.05, 0.1) is 5.02 Å². The zero-order chi connectivity index (χ0) is 12.5. The molecule has 2 fully saturated rings. The standard InChI is InChI=1S/C14H17ClN2O/c15-12-3-4-13(16-8-12)17-14(18)7-11-6-9-1-2-10(11)5-9/h3-4,8-11H,1-2,5-7H2,(H,16,17,18)/t9-,10-,11+/m0/s1. The minimum Gasteiger partial charge on any atom is -0.311 e. The van der Waals surface area contributed by atoms with Crippen LogP contribution in [0, 0.1) is 17.8 Å². The second-order valence-electron chi connectivity index (χ2n) is 5.55. The molecule has 96 valence electrons. The van der Waals surface area contributed by atoms with E-state index in [1.54, 1.807) is 18.3 Å².